The van der Waals surface area contributed by atoms with Crippen molar-refractivity contribution in [2.24, 2.45) is 0 Å². The number of nitrogens with one attached hydrogen (secondary N) is 2. The molecule has 0 radical (unpaired) electrons. The van der Waals surface area contributed by atoms with Crippen LogP contribution in [-0.2, 0) is 85.4 Å². The summed E-state index contributed by atoms with van der Waals surface area (Å²) >= 11 is 2.39. The monoisotopic (exact) mass is 1260 g/mol. The molecule has 10 heteroatoms. The van der Waals surface area contributed by atoms with E-state index in [0.717, 1.165) is 41.6 Å². The van der Waals surface area contributed by atoms with Crippen molar-refractivity contribution in [1.82, 2.24) is 9.97 Å². The number of rotatable bonds is 8. The second-order valence-corrected chi connectivity index (χ2v) is 17.4. The molecule has 0 bridgehead atoms. The minimum absolute atomic E-state index is 0.206. The van der Waals surface area contributed by atoms with E-state index in [0.29, 0.717) is 0 Å². The molecule has 4 aliphatic carbocycles. The van der Waals surface area contributed by atoms with Crippen molar-refractivity contribution in [3.8, 4) is 0 Å². The topological polar surface area (TPSA) is 49.8 Å². The molecule has 2 aromatic heterocycles. The maximum atomic E-state index is 4.69. The number of benzene rings is 4. The number of halogens is 2. The molecule has 0 amide bonds. The van der Waals surface area contributed by atoms with Gasteiger partial charge in [0, 0.05) is 34.6 Å². The SMILES string of the molecule is CC.CC.CPc1cccc2c1[C@@]1(CCc3cccc(NCc4ccccn4)c31)CC2.CPc1cccc2c1[C@]1(CCc3cccc(NCc4ccccn4)c31)CC2.[Cl][IrH2].[Cl][IrH2]. The van der Waals surface area contributed by atoms with Crippen LogP contribution in [0.25, 0.3) is 0 Å². The van der Waals surface area contributed by atoms with Gasteiger partial charge in [-0.3, -0.25) is 9.97 Å². The van der Waals surface area contributed by atoms with Gasteiger partial charge in [0.15, 0.2) is 0 Å². The van der Waals surface area contributed by atoms with Crippen LogP contribution in [0.1, 0.15) is 109 Å². The number of aryl methyl sites for hydroxylation is 4. The zero-order valence-electron chi connectivity index (χ0n) is 37.0. The third kappa shape index (κ3) is 10.6. The second-order valence-electron chi connectivity index (χ2n) is 15.4. The summed E-state index contributed by atoms with van der Waals surface area (Å²) in [5, 5.41) is 10.6. The molecule has 0 aliphatic heterocycles. The zero-order chi connectivity index (χ0) is 44.5. The van der Waals surface area contributed by atoms with Crippen LogP contribution in [0.5, 0.6) is 0 Å². The van der Waals surface area contributed by atoms with Crippen molar-refractivity contribution in [1.29, 1.82) is 0 Å². The Balaban J connectivity index is 0.000000202. The van der Waals surface area contributed by atoms with Crippen molar-refractivity contribution in [3.05, 3.63) is 177 Å². The molecule has 0 fully saturated rings. The van der Waals surface area contributed by atoms with Gasteiger partial charge in [-0.2, -0.15) is 0 Å². The number of nitrogens with zero attached hydrogens (tertiary/aromatic N) is 2. The third-order valence-electron chi connectivity index (χ3n) is 12.7. The molecule has 6 aromatic rings. The van der Waals surface area contributed by atoms with Crippen LogP contribution in [0, 0.1) is 0 Å². The van der Waals surface area contributed by atoms with Crippen LogP contribution in [0.3, 0.4) is 0 Å². The predicted octanol–water partition coefficient (Wildman–Crippen LogP) is 12.0. The van der Waals surface area contributed by atoms with Gasteiger partial charge in [0.25, 0.3) is 0 Å². The number of hydrogen-bond acceptors (Lipinski definition) is 4. The molecule has 4 atom stereocenters. The normalized spacial score (nSPS) is 18.1. The Bertz CT molecular complexity index is 2150. The number of anilines is 2. The fourth-order valence-electron chi connectivity index (χ4n) is 10.5. The minimum atomic E-state index is 0.206. The van der Waals surface area contributed by atoms with Crippen molar-refractivity contribution < 1.29 is 35.8 Å². The summed E-state index contributed by atoms with van der Waals surface area (Å²) in [4.78, 5) is 8.96. The molecule has 4 aromatic carbocycles. The molecule has 2 spiro atoms. The van der Waals surface area contributed by atoms with Crippen molar-refractivity contribution in [3.63, 3.8) is 0 Å². The van der Waals surface area contributed by atoms with E-state index < -0.39 is 0 Å². The number of aromatic nitrogens is 2. The predicted molar refractivity (Wildman–Crippen MR) is 271 cm³/mol. The zero-order valence-corrected chi connectivity index (χ0v) is 46.0. The summed E-state index contributed by atoms with van der Waals surface area (Å²) < 4.78 is 0. The summed E-state index contributed by atoms with van der Waals surface area (Å²) in [6.45, 7) is 14.2. The van der Waals surface area contributed by atoms with Gasteiger partial charge in [0.1, 0.15) is 0 Å². The first-order chi connectivity index (χ1) is 30.6. The molecule has 4 nitrogen and oxygen atoms in total. The molecule has 336 valence electrons. The van der Waals surface area contributed by atoms with E-state index in [1.54, 1.807) is 44.0 Å². The van der Waals surface area contributed by atoms with Crippen LogP contribution in [0.15, 0.2) is 122 Å². The molecule has 4 aliphatic rings. The van der Waals surface area contributed by atoms with Crippen molar-refractivity contribution in [2.75, 3.05) is 24.0 Å². The molecule has 0 saturated heterocycles. The van der Waals surface area contributed by atoms with E-state index in [1.165, 1.54) is 110 Å². The Labute approximate surface area is 405 Å². The van der Waals surface area contributed by atoms with E-state index in [2.05, 4.69) is 131 Å². The summed E-state index contributed by atoms with van der Waals surface area (Å²) in [6, 6.07) is 39.8. The molecule has 2 N–H and O–H groups in total. The van der Waals surface area contributed by atoms with Gasteiger partial charge in [0.05, 0.1) is 24.5 Å². The van der Waals surface area contributed by atoms with Crippen molar-refractivity contribution >= 4 is 58.3 Å². The molecule has 0 saturated carbocycles. The van der Waals surface area contributed by atoms with Gasteiger partial charge < -0.3 is 10.6 Å². The van der Waals surface area contributed by atoms with Gasteiger partial charge in [-0.05, 0) is 156 Å². The molecule has 62 heavy (non-hydrogen) atoms. The molecular formula is C52H66Cl2Ir2N4P2. The molecular weight excluding hydrogens is 1200 g/mol. The van der Waals surface area contributed by atoms with Crippen LogP contribution in [-0.4, -0.2) is 23.3 Å². The van der Waals surface area contributed by atoms with Gasteiger partial charge >= 0.3 is 54.9 Å². The summed E-state index contributed by atoms with van der Waals surface area (Å²) in [5.41, 5.74) is 17.8. The first-order valence-corrected chi connectivity index (χ1v) is 31.8. The van der Waals surface area contributed by atoms with Crippen LogP contribution in [0.2, 0.25) is 0 Å². The van der Waals surface area contributed by atoms with Crippen LogP contribution < -0.4 is 21.2 Å². The Morgan fingerprint density at radius 2 is 0.806 bits per heavy atom. The quantitative estimate of drug-likeness (QED) is 0.149. The molecule has 10 rings (SSSR count). The Morgan fingerprint density at radius 1 is 0.468 bits per heavy atom. The van der Waals surface area contributed by atoms with Gasteiger partial charge in [-0.1, -0.05) is 118 Å². The molecule has 2 unspecified atom stereocenters. The van der Waals surface area contributed by atoms with E-state index >= 15 is 0 Å². The summed E-state index contributed by atoms with van der Waals surface area (Å²) in [6.07, 6.45) is 13.5. The van der Waals surface area contributed by atoms with Gasteiger partial charge in [0.2, 0.25) is 0 Å². The first kappa shape index (κ1) is 50.5. The average Bonchev–Trinajstić information content (AvgIpc) is 4.15. The molecule has 2 heterocycles. The number of hydrogen-bond donors (Lipinski definition) is 2. The number of pyridine rings is 2. The van der Waals surface area contributed by atoms with Gasteiger partial charge in [-0.15, -0.1) is 0 Å². The van der Waals surface area contributed by atoms with Crippen LogP contribution in [0.4, 0.5) is 11.4 Å². The maximum absolute atomic E-state index is 4.69. The summed E-state index contributed by atoms with van der Waals surface area (Å²) in [5.74, 6) is 0. The van der Waals surface area contributed by atoms with Gasteiger partial charge in [-0.25, -0.2) is 0 Å². The third-order valence-corrected chi connectivity index (χ3v) is 14.6. The van der Waals surface area contributed by atoms with E-state index in [4.69, 9.17) is 19.2 Å². The standard InChI is InChI=1S/2C24H25N2P.2C2H6.2ClH.2Ir.4H/c2*1-27-21-10-5-7-18-12-14-24(23(18)21)13-11-17-6-4-9-20(22(17)24)26-16-19-8-2-3-15-25-19;2*1-2;;;;;;;;/h2*2-10,15,26-27H,11-14,16H2,1H3;2*1-2H3;2*1H;;;;;;/q;;;;;;2*+1;;;;/p-2/t2*24-;;;;;;;;;;/m10........../s1. The van der Waals surface area contributed by atoms with Crippen molar-refractivity contribution in [2.45, 2.75) is 103 Å². The fraction of sp³-hybridized carbons (Fsp3) is 0.346. The van der Waals surface area contributed by atoms with E-state index in [-0.39, 0.29) is 10.8 Å². The number of fused-ring (bicyclic) bond motifs is 8. The Hall–Kier alpha value is -2.48. The van der Waals surface area contributed by atoms with E-state index in [1.807, 2.05) is 52.2 Å². The first-order valence-electron chi connectivity index (χ1n) is 22.0. The fourth-order valence-corrected chi connectivity index (χ4v) is 12.3. The van der Waals surface area contributed by atoms with Crippen LogP contribution >= 0.6 is 36.3 Å². The second kappa shape index (κ2) is 25.3. The average molecular weight is 1260 g/mol. The Kier molecular flexibility index (Phi) is 20.6. The summed E-state index contributed by atoms with van der Waals surface area (Å²) in [7, 11) is 11.1. The van der Waals surface area contributed by atoms with E-state index in [9.17, 15) is 0 Å². The Morgan fingerprint density at radius 3 is 1.13 bits per heavy atom.